The monoisotopic (exact) mass is 157 g/mol. The van der Waals surface area contributed by atoms with Gasteiger partial charge in [0.25, 0.3) is 0 Å². The van der Waals surface area contributed by atoms with Crippen LogP contribution in [0, 0.1) is 12.5 Å². The van der Waals surface area contributed by atoms with Gasteiger partial charge in [-0.25, -0.2) is 0 Å². The van der Waals surface area contributed by atoms with E-state index in [4.69, 9.17) is 4.74 Å². The molecule has 0 amide bonds. The first-order valence-electron chi connectivity index (χ1n) is 4.70. The smallest absolute Gasteiger partial charge is 0.0836 e. The molecule has 1 nitrogen and oxygen atoms in total. The molecule has 0 rings (SSSR count). The predicted molar refractivity (Wildman–Crippen MR) is 49.2 cm³/mol. The Labute approximate surface area is 71.1 Å². The lowest BCUT2D eigenvalue weighted by Gasteiger charge is -2.04. The van der Waals surface area contributed by atoms with Gasteiger partial charge in [-0.3, -0.25) is 0 Å². The fourth-order valence-corrected chi connectivity index (χ4v) is 0.821. The standard InChI is InChI=1S/C10H21O/c1-4-5-6-7-8-11-9-10(2)3/h8,10H,4-7,9H2,1-3H3. The van der Waals surface area contributed by atoms with Crippen molar-refractivity contribution in [2.24, 2.45) is 5.92 Å². The molecule has 0 fully saturated rings. The summed E-state index contributed by atoms with van der Waals surface area (Å²) in [5.74, 6) is 0.650. The molecule has 1 radical (unpaired) electrons. The van der Waals surface area contributed by atoms with Gasteiger partial charge in [0.1, 0.15) is 0 Å². The zero-order chi connectivity index (χ0) is 8.53. The quantitative estimate of drug-likeness (QED) is 0.515. The highest BCUT2D eigenvalue weighted by Crippen LogP contribution is 2.03. The topological polar surface area (TPSA) is 9.23 Å². The van der Waals surface area contributed by atoms with Crippen LogP contribution in [0.25, 0.3) is 0 Å². The molecule has 11 heavy (non-hydrogen) atoms. The average molecular weight is 157 g/mol. The van der Waals surface area contributed by atoms with Crippen molar-refractivity contribution in [3.63, 3.8) is 0 Å². The number of rotatable bonds is 7. The Morgan fingerprint density at radius 2 is 2.00 bits per heavy atom. The Balaban J connectivity index is 2.80. The number of hydrogen-bond donors (Lipinski definition) is 0. The van der Waals surface area contributed by atoms with Crippen LogP contribution >= 0.6 is 0 Å². The molecule has 0 saturated heterocycles. The van der Waals surface area contributed by atoms with E-state index in [1.807, 2.05) is 6.61 Å². The van der Waals surface area contributed by atoms with Crippen LogP contribution in [0.1, 0.15) is 46.5 Å². The van der Waals surface area contributed by atoms with Crippen molar-refractivity contribution in [3.05, 3.63) is 6.61 Å². The van der Waals surface area contributed by atoms with E-state index < -0.39 is 0 Å². The van der Waals surface area contributed by atoms with Gasteiger partial charge in [-0.2, -0.15) is 0 Å². The van der Waals surface area contributed by atoms with E-state index in [1.54, 1.807) is 0 Å². The Kier molecular flexibility index (Phi) is 8.03. The van der Waals surface area contributed by atoms with Gasteiger partial charge in [0.2, 0.25) is 0 Å². The van der Waals surface area contributed by atoms with Crippen molar-refractivity contribution in [1.82, 2.24) is 0 Å². The van der Waals surface area contributed by atoms with Crippen molar-refractivity contribution in [2.45, 2.75) is 46.5 Å². The van der Waals surface area contributed by atoms with Crippen molar-refractivity contribution >= 4 is 0 Å². The largest absolute Gasteiger partial charge is 0.375 e. The van der Waals surface area contributed by atoms with Gasteiger partial charge in [-0.05, 0) is 12.3 Å². The third-order valence-corrected chi connectivity index (χ3v) is 1.47. The van der Waals surface area contributed by atoms with Gasteiger partial charge in [0.05, 0.1) is 6.61 Å². The fourth-order valence-electron chi connectivity index (χ4n) is 0.821. The maximum absolute atomic E-state index is 5.32. The average Bonchev–Trinajstić information content (AvgIpc) is 1.96. The summed E-state index contributed by atoms with van der Waals surface area (Å²) in [7, 11) is 0. The molecule has 0 spiro atoms. The SMILES string of the molecule is CCCCC[CH]OCC(C)C. The van der Waals surface area contributed by atoms with Crippen molar-refractivity contribution in [2.75, 3.05) is 6.61 Å². The Morgan fingerprint density at radius 3 is 2.55 bits per heavy atom. The van der Waals surface area contributed by atoms with Crippen LogP contribution in [0.15, 0.2) is 0 Å². The van der Waals surface area contributed by atoms with Crippen LogP contribution in [0.4, 0.5) is 0 Å². The summed E-state index contributed by atoms with van der Waals surface area (Å²) in [4.78, 5) is 0. The van der Waals surface area contributed by atoms with Gasteiger partial charge in [0.15, 0.2) is 0 Å². The zero-order valence-corrected chi connectivity index (χ0v) is 8.10. The highest BCUT2D eigenvalue weighted by atomic mass is 16.5. The van der Waals surface area contributed by atoms with E-state index in [2.05, 4.69) is 20.8 Å². The van der Waals surface area contributed by atoms with E-state index in [0.717, 1.165) is 13.0 Å². The van der Waals surface area contributed by atoms with E-state index in [-0.39, 0.29) is 0 Å². The molecule has 0 aliphatic carbocycles. The van der Waals surface area contributed by atoms with Crippen LogP contribution in [0.3, 0.4) is 0 Å². The number of ether oxygens (including phenoxy) is 1. The number of unbranched alkanes of at least 4 members (excludes halogenated alkanes) is 3. The Morgan fingerprint density at radius 1 is 1.27 bits per heavy atom. The minimum Gasteiger partial charge on any atom is -0.375 e. The lowest BCUT2D eigenvalue weighted by molar-refractivity contribution is 0.160. The molecule has 0 atom stereocenters. The highest BCUT2D eigenvalue weighted by molar-refractivity contribution is 4.52. The molecule has 1 heteroatoms. The lowest BCUT2D eigenvalue weighted by atomic mass is 10.2. The minimum atomic E-state index is 0.650. The zero-order valence-electron chi connectivity index (χ0n) is 8.10. The molecule has 0 aromatic carbocycles. The predicted octanol–water partition coefficient (Wildman–Crippen LogP) is 3.40. The second kappa shape index (κ2) is 8.06. The molecular weight excluding hydrogens is 136 g/mol. The highest BCUT2D eigenvalue weighted by Gasteiger charge is 1.93. The Hall–Kier alpha value is -0.0400. The summed E-state index contributed by atoms with van der Waals surface area (Å²) in [6.07, 6.45) is 4.99. The van der Waals surface area contributed by atoms with Crippen molar-refractivity contribution in [1.29, 1.82) is 0 Å². The van der Waals surface area contributed by atoms with Gasteiger partial charge >= 0.3 is 0 Å². The normalized spacial score (nSPS) is 10.9. The van der Waals surface area contributed by atoms with Crippen molar-refractivity contribution < 1.29 is 4.74 Å². The molecule has 0 aromatic heterocycles. The van der Waals surface area contributed by atoms with Gasteiger partial charge in [0, 0.05) is 6.61 Å². The molecule has 0 bridgehead atoms. The van der Waals surface area contributed by atoms with Crippen LogP contribution in [0.5, 0.6) is 0 Å². The van der Waals surface area contributed by atoms with Gasteiger partial charge in [-0.1, -0.05) is 40.0 Å². The lowest BCUT2D eigenvalue weighted by Crippen LogP contribution is -1.99. The Bertz CT molecular complexity index is 69.3. The maximum Gasteiger partial charge on any atom is 0.0836 e. The summed E-state index contributed by atoms with van der Waals surface area (Å²) in [6, 6.07) is 0. The first kappa shape index (κ1) is 11.0. The molecule has 0 aromatic rings. The molecule has 0 N–H and O–H groups in total. The van der Waals surface area contributed by atoms with Crippen molar-refractivity contribution in [3.8, 4) is 0 Å². The third-order valence-electron chi connectivity index (χ3n) is 1.47. The van der Waals surface area contributed by atoms with E-state index >= 15 is 0 Å². The van der Waals surface area contributed by atoms with E-state index in [0.29, 0.717) is 5.92 Å². The number of hydrogen-bond acceptors (Lipinski definition) is 1. The summed E-state index contributed by atoms with van der Waals surface area (Å²) >= 11 is 0. The molecular formula is C10H21O. The second-order valence-corrected chi connectivity index (χ2v) is 3.39. The van der Waals surface area contributed by atoms with Crippen LogP contribution < -0.4 is 0 Å². The molecule has 0 saturated carbocycles. The molecule has 0 unspecified atom stereocenters. The third kappa shape index (κ3) is 9.96. The molecule has 0 aliphatic rings. The summed E-state index contributed by atoms with van der Waals surface area (Å²) in [6.45, 7) is 9.37. The second-order valence-electron chi connectivity index (χ2n) is 3.39. The minimum absolute atomic E-state index is 0.650. The van der Waals surface area contributed by atoms with E-state index in [1.165, 1.54) is 19.3 Å². The summed E-state index contributed by atoms with van der Waals surface area (Å²) in [5, 5.41) is 0. The fraction of sp³-hybridized carbons (Fsp3) is 0.900. The summed E-state index contributed by atoms with van der Waals surface area (Å²) in [5.41, 5.74) is 0. The first-order valence-corrected chi connectivity index (χ1v) is 4.70. The molecule has 67 valence electrons. The van der Waals surface area contributed by atoms with Crippen LogP contribution in [-0.2, 0) is 4.74 Å². The van der Waals surface area contributed by atoms with Gasteiger partial charge in [-0.15, -0.1) is 0 Å². The molecule has 0 aliphatic heterocycles. The van der Waals surface area contributed by atoms with Crippen LogP contribution in [-0.4, -0.2) is 6.61 Å². The molecule has 0 heterocycles. The summed E-state index contributed by atoms with van der Waals surface area (Å²) < 4.78 is 5.32. The maximum atomic E-state index is 5.32. The van der Waals surface area contributed by atoms with E-state index in [9.17, 15) is 0 Å². The van der Waals surface area contributed by atoms with Gasteiger partial charge < -0.3 is 4.74 Å². The first-order chi connectivity index (χ1) is 5.27. The van der Waals surface area contributed by atoms with Crippen LogP contribution in [0.2, 0.25) is 0 Å².